The summed E-state index contributed by atoms with van der Waals surface area (Å²) >= 11 is 0. The Kier molecular flexibility index (Phi) is 4.63. The molecular formula is C13H22N2. The summed E-state index contributed by atoms with van der Waals surface area (Å²) < 4.78 is 0. The first-order valence-electron chi connectivity index (χ1n) is 5.70. The third kappa shape index (κ3) is 2.96. The van der Waals surface area contributed by atoms with E-state index in [1.165, 1.54) is 11.3 Å². The quantitative estimate of drug-likeness (QED) is 0.797. The van der Waals surface area contributed by atoms with Crippen molar-refractivity contribution in [3.05, 3.63) is 29.8 Å². The van der Waals surface area contributed by atoms with Gasteiger partial charge in [0.05, 0.1) is 0 Å². The highest BCUT2D eigenvalue weighted by Crippen LogP contribution is 2.26. The van der Waals surface area contributed by atoms with Crippen molar-refractivity contribution in [3.8, 4) is 0 Å². The monoisotopic (exact) mass is 206 g/mol. The lowest BCUT2D eigenvalue weighted by atomic mass is 10.0. The Morgan fingerprint density at radius 2 is 1.87 bits per heavy atom. The van der Waals surface area contributed by atoms with E-state index in [0.29, 0.717) is 6.04 Å². The van der Waals surface area contributed by atoms with Crippen molar-refractivity contribution >= 4 is 5.69 Å². The van der Waals surface area contributed by atoms with Crippen molar-refractivity contribution in [2.24, 2.45) is 0 Å². The number of hydrogen-bond donors (Lipinski definition) is 1. The SMILES string of the molecule is CCNC(CC)c1ccccc1N(C)C. The second-order valence-electron chi connectivity index (χ2n) is 3.97. The van der Waals surface area contributed by atoms with Crippen LogP contribution in [0.25, 0.3) is 0 Å². The smallest absolute Gasteiger partial charge is 0.0409 e. The molecule has 0 heterocycles. The van der Waals surface area contributed by atoms with Crippen molar-refractivity contribution in [2.45, 2.75) is 26.3 Å². The second-order valence-corrected chi connectivity index (χ2v) is 3.97. The van der Waals surface area contributed by atoms with Crippen LogP contribution in [0.15, 0.2) is 24.3 Å². The molecule has 1 unspecified atom stereocenters. The molecule has 1 atom stereocenters. The van der Waals surface area contributed by atoms with Gasteiger partial charge < -0.3 is 10.2 Å². The maximum Gasteiger partial charge on any atom is 0.0409 e. The molecule has 0 bridgehead atoms. The lowest BCUT2D eigenvalue weighted by molar-refractivity contribution is 0.537. The minimum absolute atomic E-state index is 0.466. The Balaban J connectivity index is 2.99. The first-order chi connectivity index (χ1) is 7.20. The zero-order chi connectivity index (χ0) is 11.3. The van der Waals surface area contributed by atoms with E-state index in [2.05, 4.69) is 62.4 Å². The molecule has 0 radical (unpaired) electrons. The lowest BCUT2D eigenvalue weighted by Gasteiger charge is -2.23. The molecule has 15 heavy (non-hydrogen) atoms. The summed E-state index contributed by atoms with van der Waals surface area (Å²) in [4.78, 5) is 2.18. The fourth-order valence-corrected chi connectivity index (χ4v) is 1.91. The van der Waals surface area contributed by atoms with Crippen molar-refractivity contribution in [2.75, 3.05) is 25.5 Å². The van der Waals surface area contributed by atoms with Gasteiger partial charge in [-0.3, -0.25) is 0 Å². The first kappa shape index (κ1) is 12.1. The lowest BCUT2D eigenvalue weighted by Crippen LogP contribution is -2.22. The summed E-state index contributed by atoms with van der Waals surface area (Å²) in [7, 11) is 4.19. The van der Waals surface area contributed by atoms with E-state index in [1.807, 2.05) is 0 Å². The number of nitrogens with zero attached hydrogens (tertiary/aromatic N) is 1. The van der Waals surface area contributed by atoms with Gasteiger partial charge >= 0.3 is 0 Å². The maximum atomic E-state index is 3.52. The zero-order valence-corrected chi connectivity index (χ0v) is 10.2. The standard InChI is InChI=1S/C13H22N2/c1-5-12(14-6-2)11-9-7-8-10-13(11)15(3)4/h7-10,12,14H,5-6H2,1-4H3. The molecule has 0 aromatic heterocycles. The van der Waals surface area contributed by atoms with E-state index in [9.17, 15) is 0 Å². The second kappa shape index (κ2) is 5.76. The third-order valence-electron chi connectivity index (χ3n) is 2.65. The van der Waals surface area contributed by atoms with Crippen molar-refractivity contribution < 1.29 is 0 Å². The number of anilines is 1. The summed E-state index contributed by atoms with van der Waals surface area (Å²) in [5, 5.41) is 3.52. The number of benzene rings is 1. The normalized spacial score (nSPS) is 12.5. The Hall–Kier alpha value is -1.02. The predicted octanol–water partition coefficient (Wildman–Crippen LogP) is 2.81. The van der Waals surface area contributed by atoms with E-state index in [1.54, 1.807) is 0 Å². The van der Waals surface area contributed by atoms with Gasteiger partial charge in [-0.05, 0) is 24.6 Å². The van der Waals surface area contributed by atoms with Crippen LogP contribution in [0, 0.1) is 0 Å². The molecule has 0 spiro atoms. The van der Waals surface area contributed by atoms with Crippen LogP contribution in [0.1, 0.15) is 31.9 Å². The fraction of sp³-hybridized carbons (Fsp3) is 0.538. The summed E-state index contributed by atoms with van der Waals surface area (Å²) in [5.41, 5.74) is 2.71. The fourth-order valence-electron chi connectivity index (χ4n) is 1.91. The van der Waals surface area contributed by atoms with Gasteiger partial charge in [0.1, 0.15) is 0 Å². The number of hydrogen-bond acceptors (Lipinski definition) is 2. The van der Waals surface area contributed by atoms with Crippen LogP contribution in [0.3, 0.4) is 0 Å². The number of para-hydroxylation sites is 1. The molecule has 1 aromatic carbocycles. The average Bonchev–Trinajstić information content (AvgIpc) is 2.26. The van der Waals surface area contributed by atoms with Gasteiger partial charge in [0.25, 0.3) is 0 Å². The molecule has 0 fully saturated rings. The Bertz CT molecular complexity index is 294. The van der Waals surface area contributed by atoms with Crippen molar-refractivity contribution in [3.63, 3.8) is 0 Å². The topological polar surface area (TPSA) is 15.3 Å². The predicted molar refractivity (Wildman–Crippen MR) is 67.5 cm³/mol. The van der Waals surface area contributed by atoms with Crippen LogP contribution in [0.2, 0.25) is 0 Å². The van der Waals surface area contributed by atoms with Gasteiger partial charge in [-0.25, -0.2) is 0 Å². The molecule has 0 saturated carbocycles. The van der Waals surface area contributed by atoms with Gasteiger partial charge in [0, 0.05) is 25.8 Å². The van der Waals surface area contributed by atoms with Gasteiger partial charge in [-0.2, -0.15) is 0 Å². The van der Waals surface area contributed by atoms with Crippen LogP contribution in [-0.2, 0) is 0 Å². The van der Waals surface area contributed by atoms with E-state index >= 15 is 0 Å². The molecule has 0 amide bonds. The minimum Gasteiger partial charge on any atom is -0.377 e. The van der Waals surface area contributed by atoms with Crippen molar-refractivity contribution in [1.29, 1.82) is 0 Å². The molecule has 0 aliphatic heterocycles. The summed E-state index contributed by atoms with van der Waals surface area (Å²) in [6.07, 6.45) is 1.12. The van der Waals surface area contributed by atoms with E-state index in [0.717, 1.165) is 13.0 Å². The van der Waals surface area contributed by atoms with E-state index < -0.39 is 0 Å². The Morgan fingerprint density at radius 1 is 1.20 bits per heavy atom. The number of rotatable bonds is 5. The van der Waals surface area contributed by atoms with Crippen molar-refractivity contribution in [1.82, 2.24) is 5.32 Å². The minimum atomic E-state index is 0.466. The van der Waals surface area contributed by atoms with Gasteiger partial charge in [-0.15, -0.1) is 0 Å². The summed E-state index contributed by atoms with van der Waals surface area (Å²) in [6, 6.07) is 9.06. The molecular weight excluding hydrogens is 184 g/mol. The highest BCUT2D eigenvalue weighted by molar-refractivity contribution is 5.53. The molecule has 0 saturated heterocycles. The zero-order valence-electron chi connectivity index (χ0n) is 10.2. The molecule has 1 aromatic rings. The maximum absolute atomic E-state index is 3.52. The van der Waals surface area contributed by atoms with Crippen LogP contribution in [-0.4, -0.2) is 20.6 Å². The Labute approximate surface area is 93.3 Å². The largest absolute Gasteiger partial charge is 0.377 e. The average molecular weight is 206 g/mol. The van der Waals surface area contributed by atoms with Crippen LogP contribution < -0.4 is 10.2 Å². The molecule has 2 nitrogen and oxygen atoms in total. The molecule has 1 N–H and O–H groups in total. The first-order valence-corrected chi connectivity index (χ1v) is 5.70. The number of nitrogens with one attached hydrogen (secondary N) is 1. The molecule has 2 heteroatoms. The summed E-state index contributed by atoms with van der Waals surface area (Å²) in [6.45, 7) is 5.39. The van der Waals surface area contributed by atoms with Crippen LogP contribution in [0.5, 0.6) is 0 Å². The van der Waals surface area contributed by atoms with Gasteiger partial charge in [0.15, 0.2) is 0 Å². The Morgan fingerprint density at radius 3 is 2.40 bits per heavy atom. The molecule has 1 rings (SSSR count). The molecule has 84 valence electrons. The summed E-state index contributed by atoms with van der Waals surface area (Å²) in [5.74, 6) is 0. The van der Waals surface area contributed by atoms with Crippen LogP contribution in [0.4, 0.5) is 5.69 Å². The molecule has 0 aliphatic carbocycles. The third-order valence-corrected chi connectivity index (χ3v) is 2.65. The van der Waals surface area contributed by atoms with Crippen LogP contribution >= 0.6 is 0 Å². The highest BCUT2D eigenvalue weighted by atomic mass is 15.1. The van der Waals surface area contributed by atoms with Gasteiger partial charge in [-0.1, -0.05) is 32.0 Å². The van der Waals surface area contributed by atoms with E-state index in [-0.39, 0.29) is 0 Å². The van der Waals surface area contributed by atoms with E-state index in [4.69, 9.17) is 0 Å². The molecule has 0 aliphatic rings. The van der Waals surface area contributed by atoms with Gasteiger partial charge in [0.2, 0.25) is 0 Å². The highest BCUT2D eigenvalue weighted by Gasteiger charge is 2.12.